The zero-order valence-electron chi connectivity index (χ0n) is 16.1. The van der Waals surface area contributed by atoms with Crippen molar-refractivity contribution in [3.05, 3.63) is 41.5 Å². The number of anilines is 2. The lowest BCUT2D eigenvalue weighted by Gasteiger charge is -2.19. The molecular formula is C19H16F3N3O6. The molecule has 2 rings (SSSR count). The lowest BCUT2D eigenvalue weighted by atomic mass is 9.94. The molecule has 0 aliphatic carbocycles. The Morgan fingerprint density at radius 2 is 1.65 bits per heavy atom. The fourth-order valence-electron chi connectivity index (χ4n) is 2.61. The van der Waals surface area contributed by atoms with Gasteiger partial charge in [-0.1, -0.05) is 6.07 Å². The first-order valence-electron chi connectivity index (χ1n) is 8.34. The van der Waals surface area contributed by atoms with Crippen LogP contribution in [-0.2, 0) is 20.4 Å². The van der Waals surface area contributed by atoms with Crippen molar-refractivity contribution in [2.45, 2.75) is 6.18 Å². The normalized spacial score (nSPS) is 10.7. The van der Waals surface area contributed by atoms with Crippen molar-refractivity contribution >= 4 is 35.6 Å². The highest BCUT2D eigenvalue weighted by molar-refractivity contribution is 6.35. The van der Waals surface area contributed by atoms with Crippen LogP contribution in [0.5, 0.6) is 5.75 Å². The van der Waals surface area contributed by atoms with E-state index in [1.165, 1.54) is 0 Å². The summed E-state index contributed by atoms with van der Waals surface area (Å²) >= 11 is 0. The topological polar surface area (TPSA) is 138 Å². The molecule has 4 N–H and O–H groups in total. The molecule has 2 aromatic carbocycles. The van der Waals surface area contributed by atoms with Gasteiger partial charge in [0.15, 0.2) is 6.29 Å². The second kappa shape index (κ2) is 9.15. The lowest BCUT2D eigenvalue weighted by Crippen LogP contribution is -2.15. The second-order valence-corrected chi connectivity index (χ2v) is 5.94. The Kier molecular flexibility index (Phi) is 6.85. The highest BCUT2D eigenvalue weighted by Gasteiger charge is 2.35. The van der Waals surface area contributed by atoms with Gasteiger partial charge in [0.25, 0.3) is 0 Å². The number of carbonyl (C=O) groups excluding carboxylic acids is 3. The van der Waals surface area contributed by atoms with Gasteiger partial charge in [0, 0.05) is 22.9 Å². The van der Waals surface area contributed by atoms with Gasteiger partial charge in [0.1, 0.15) is 11.5 Å². The number of nitrogens with one attached hydrogen (secondary N) is 3. The maximum absolute atomic E-state index is 13.8. The number of hydrogen-bond acceptors (Lipinski definition) is 7. The Morgan fingerprint density at radius 1 is 1.03 bits per heavy atom. The van der Waals surface area contributed by atoms with Crippen molar-refractivity contribution in [3.63, 3.8) is 0 Å². The lowest BCUT2D eigenvalue weighted by molar-refractivity contribution is -0.137. The van der Waals surface area contributed by atoms with E-state index in [-0.39, 0.29) is 28.8 Å². The highest BCUT2D eigenvalue weighted by Crippen LogP contribution is 2.43. The van der Waals surface area contributed by atoms with E-state index in [1.807, 2.05) is 0 Å². The van der Waals surface area contributed by atoms with Crippen LogP contribution in [0.2, 0.25) is 0 Å². The molecule has 12 heteroatoms. The molecule has 0 aliphatic rings. The number of phenols is 1. The molecule has 0 heterocycles. The van der Waals surface area contributed by atoms with Crippen LogP contribution >= 0.6 is 0 Å². The molecule has 0 spiro atoms. The molecule has 0 unspecified atom stereocenters. The molecule has 0 radical (unpaired) electrons. The number of methoxy groups -OCH3 is 2. The number of phenolic OH excluding ortho intramolecular Hbond substituents is 1. The second-order valence-electron chi connectivity index (χ2n) is 5.94. The summed E-state index contributed by atoms with van der Waals surface area (Å²) in [5.74, 6) is -0.621. The van der Waals surface area contributed by atoms with E-state index >= 15 is 0 Å². The summed E-state index contributed by atoms with van der Waals surface area (Å²) in [7, 11) is 2.07. The average molecular weight is 439 g/mol. The molecule has 2 amide bonds. The SMILES string of the molecule is COC(=O)Nc1ccc(-c2cc(C(=N)C=O)c(O)cc2NC(=O)OC)c(C(F)(F)F)c1. The first-order valence-corrected chi connectivity index (χ1v) is 8.34. The molecule has 0 bridgehead atoms. The summed E-state index contributed by atoms with van der Waals surface area (Å²) < 4.78 is 50.2. The van der Waals surface area contributed by atoms with Crippen LogP contribution in [0.3, 0.4) is 0 Å². The summed E-state index contributed by atoms with van der Waals surface area (Å²) in [4.78, 5) is 33.9. The van der Waals surface area contributed by atoms with E-state index in [1.54, 1.807) is 0 Å². The van der Waals surface area contributed by atoms with E-state index in [0.717, 1.165) is 38.5 Å². The molecule has 164 valence electrons. The fraction of sp³-hybridized carbons (Fsp3) is 0.158. The van der Waals surface area contributed by atoms with Gasteiger partial charge < -0.3 is 14.6 Å². The Labute approximate surface area is 173 Å². The largest absolute Gasteiger partial charge is 0.507 e. The number of hydrogen-bond donors (Lipinski definition) is 4. The van der Waals surface area contributed by atoms with Crippen molar-refractivity contribution in [2.75, 3.05) is 24.9 Å². The molecule has 0 aromatic heterocycles. The number of carbonyl (C=O) groups is 3. The maximum atomic E-state index is 13.8. The minimum Gasteiger partial charge on any atom is -0.507 e. The maximum Gasteiger partial charge on any atom is 0.417 e. The van der Waals surface area contributed by atoms with Crippen molar-refractivity contribution in [3.8, 4) is 16.9 Å². The summed E-state index contributed by atoms with van der Waals surface area (Å²) in [5.41, 5.74) is -3.47. The molecule has 31 heavy (non-hydrogen) atoms. The number of alkyl halides is 3. The van der Waals surface area contributed by atoms with Gasteiger partial charge in [-0.05, 0) is 23.8 Å². The van der Waals surface area contributed by atoms with E-state index in [0.29, 0.717) is 6.07 Å². The molecule has 0 atom stereocenters. The number of aromatic hydroxyl groups is 1. The molecule has 0 saturated carbocycles. The molecule has 0 saturated heterocycles. The van der Waals surface area contributed by atoms with Crippen LogP contribution in [0.25, 0.3) is 11.1 Å². The zero-order valence-corrected chi connectivity index (χ0v) is 16.1. The average Bonchev–Trinajstić information content (AvgIpc) is 2.72. The Hall–Kier alpha value is -4.09. The number of benzene rings is 2. The van der Waals surface area contributed by atoms with Crippen LogP contribution in [0.15, 0.2) is 30.3 Å². The van der Waals surface area contributed by atoms with Crippen LogP contribution in [0.1, 0.15) is 11.1 Å². The smallest absolute Gasteiger partial charge is 0.417 e. The van der Waals surface area contributed by atoms with Gasteiger partial charge >= 0.3 is 18.4 Å². The fourth-order valence-corrected chi connectivity index (χ4v) is 2.61. The molecular weight excluding hydrogens is 423 g/mol. The molecule has 0 aliphatic heterocycles. The zero-order chi connectivity index (χ0) is 23.3. The highest BCUT2D eigenvalue weighted by atomic mass is 19.4. The van der Waals surface area contributed by atoms with Gasteiger partial charge in [0.05, 0.1) is 25.5 Å². The first kappa shape index (κ1) is 23.2. The van der Waals surface area contributed by atoms with Crippen molar-refractivity contribution < 1.29 is 42.1 Å². The number of rotatable bonds is 5. The van der Waals surface area contributed by atoms with Crippen molar-refractivity contribution in [2.24, 2.45) is 0 Å². The van der Waals surface area contributed by atoms with Crippen molar-refractivity contribution in [1.82, 2.24) is 0 Å². The van der Waals surface area contributed by atoms with E-state index in [2.05, 4.69) is 20.1 Å². The van der Waals surface area contributed by atoms with Crippen LogP contribution in [0, 0.1) is 5.41 Å². The van der Waals surface area contributed by atoms with Crippen molar-refractivity contribution in [1.29, 1.82) is 5.41 Å². The monoisotopic (exact) mass is 439 g/mol. The van der Waals surface area contributed by atoms with Gasteiger partial charge in [-0.3, -0.25) is 20.8 Å². The third kappa shape index (κ3) is 5.29. The summed E-state index contributed by atoms with van der Waals surface area (Å²) in [6.07, 6.45) is -6.82. The quantitative estimate of drug-likeness (QED) is 0.410. The van der Waals surface area contributed by atoms with E-state index in [4.69, 9.17) is 5.41 Å². The van der Waals surface area contributed by atoms with Crippen LogP contribution in [0.4, 0.5) is 34.1 Å². The first-order chi connectivity index (χ1) is 14.5. The van der Waals surface area contributed by atoms with E-state index in [9.17, 15) is 32.7 Å². The predicted molar refractivity (Wildman–Crippen MR) is 103 cm³/mol. The number of halogens is 3. The van der Waals surface area contributed by atoms with Gasteiger partial charge in [-0.15, -0.1) is 0 Å². The van der Waals surface area contributed by atoms with Gasteiger partial charge in [-0.25, -0.2) is 9.59 Å². The predicted octanol–water partition coefficient (Wildman–Crippen LogP) is 4.00. The van der Waals surface area contributed by atoms with E-state index < -0.39 is 41.0 Å². The summed E-state index contributed by atoms with van der Waals surface area (Å²) in [6.45, 7) is 0. The minimum atomic E-state index is -4.90. The molecule has 9 nitrogen and oxygen atoms in total. The Morgan fingerprint density at radius 3 is 2.19 bits per heavy atom. The minimum absolute atomic E-state index is 0.0975. The van der Waals surface area contributed by atoms with Crippen LogP contribution in [-0.4, -0.2) is 43.5 Å². The Bertz CT molecular complexity index is 1050. The number of aldehydes is 1. The van der Waals surface area contributed by atoms with Gasteiger partial charge in [0.2, 0.25) is 0 Å². The number of ether oxygens (including phenoxy) is 2. The standard InChI is InChI=1S/C19H16F3N3O6/c1-30-17(28)24-9-3-4-10(13(5-9)19(20,21)22)11-6-12(14(23)8-26)16(27)7-15(11)25-18(29)31-2/h3-8,23,27H,1-2H3,(H,24,28)(H,25,29). The number of amides is 2. The molecule has 0 fully saturated rings. The van der Waals surface area contributed by atoms with Gasteiger partial charge in [-0.2, -0.15) is 13.2 Å². The van der Waals surface area contributed by atoms with Crippen LogP contribution < -0.4 is 10.6 Å². The third-order valence-corrected chi connectivity index (χ3v) is 4.01. The summed E-state index contributed by atoms with van der Waals surface area (Å²) in [6, 6.07) is 4.65. The Balaban J connectivity index is 2.79. The third-order valence-electron chi connectivity index (χ3n) is 4.01. The molecule has 2 aromatic rings. The summed E-state index contributed by atoms with van der Waals surface area (Å²) in [5, 5.41) is 22.0.